The summed E-state index contributed by atoms with van der Waals surface area (Å²) in [4.78, 5) is 0.909. The molecule has 0 aromatic carbocycles. The summed E-state index contributed by atoms with van der Waals surface area (Å²) in [5, 5.41) is 20.4. The molecule has 0 saturated carbocycles. The first-order valence-electron chi connectivity index (χ1n) is 5.31. The van der Waals surface area contributed by atoms with Crippen LogP contribution >= 0.6 is 11.3 Å². The van der Waals surface area contributed by atoms with Gasteiger partial charge in [-0.05, 0) is 24.8 Å². The van der Waals surface area contributed by atoms with Gasteiger partial charge in [-0.2, -0.15) is 0 Å². The van der Waals surface area contributed by atoms with E-state index in [0.29, 0.717) is 0 Å². The molecule has 2 heterocycles. The standard InChI is InChI=1S/C11H15N3OS/c1-3-6-14-9(8-12-13-14)11(2,15)10-5-4-7-16-10/h4-5,7-8,15H,3,6H2,1-2H3. The van der Waals surface area contributed by atoms with Crippen molar-refractivity contribution in [2.24, 2.45) is 0 Å². The quantitative estimate of drug-likeness (QED) is 0.885. The molecule has 0 aliphatic carbocycles. The Morgan fingerprint density at radius 2 is 2.38 bits per heavy atom. The van der Waals surface area contributed by atoms with E-state index in [4.69, 9.17) is 0 Å². The molecule has 0 saturated heterocycles. The van der Waals surface area contributed by atoms with E-state index in [2.05, 4.69) is 17.2 Å². The van der Waals surface area contributed by atoms with E-state index in [9.17, 15) is 5.11 Å². The smallest absolute Gasteiger partial charge is 0.139 e. The van der Waals surface area contributed by atoms with Crippen molar-refractivity contribution in [1.82, 2.24) is 15.0 Å². The first-order chi connectivity index (χ1) is 7.66. The Labute approximate surface area is 98.5 Å². The molecule has 2 aromatic heterocycles. The highest BCUT2D eigenvalue weighted by Gasteiger charge is 2.30. The Balaban J connectivity index is 2.39. The molecule has 0 aliphatic rings. The van der Waals surface area contributed by atoms with Crippen molar-refractivity contribution in [1.29, 1.82) is 0 Å². The van der Waals surface area contributed by atoms with Crippen LogP contribution in [-0.2, 0) is 12.1 Å². The Hall–Kier alpha value is -1.20. The van der Waals surface area contributed by atoms with Gasteiger partial charge in [-0.25, -0.2) is 4.68 Å². The van der Waals surface area contributed by atoms with E-state index in [1.165, 1.54) is 11.3 Å². The molecule has 0 radical (unpaired) electrons. The van der Waals surface area contributed by atoms with Crippen LogP contribution in [0.15, 0.2) is 23.7 Å². The molecule has 0 spiro atoms. The minimum atomic E-state index is -1.01. The number of hydrogen-bond donors (Lipinski definition) is 1. The average molecular weight is 237 g/mol. The fourth-order valence-corrected chi connectivity index (χ4v) is 2.49. The van der Waals surface area contributed by atoms with Crippen LogP contribution in [0.4, 0.5) is 0 Å². The van der Waals surface area contributed by atoms with Gasteiger partial charge in [-0.3, -0.25) is 0 Å². The van der Waals surface area contributed by atoms with Gasteiger partial charge in [0.2, 0.25) is 0 Å². The fraction of sp³-hybridized carbons (Fsp3) is 0.455. The number of thiophene rings is 1. The molecular weight excluding hydrogens is 222 g/mol. The predicted octanol–water partition coefficient (Wildman–Crippen LogP) is 2.01. The van der Waals surface area contributed by atoms with Crippen LogP contribution < -0.4 is 0 Å². The van der Waals surface area contributed by atoms with E-state index in [-0.39, 0.29) is 0 Å². The molecule has 0 bridgehead atoms. The highest BCUT2D eigenvalue weighted by molar-refractivity contribution is 7.10. The normalized spacial score (nSPS) is 14.9. The summed E-state index contributed by atoms with van der Waals surface area (Å²) >= 11 is 1.54. The predicted molar refractivity (Wildman–Crippen MR) is 63.3 cm³/mol. The molecule has 0 aliphatic heterocycles. The largest absolute Gasteiger partial charge is 0.378 e. The number of rotatable bonds is 4. The van der Waals surface area contributed by atoms with Crippen molar-refractivity contribution in [2.45, 2.75) is 32.4 Å². The third-order valence-electron chi connectivity index (χ3n) is 2.55. The fourth-order valence-electron chi connectivity index (χ4n) is 1.69. The second-order valence-corrected chi connectivity index (χ2v) is 4.84. The molecule has 5 heteroatoms. The van der Waals surface area contributed by atoms with Crippen molar-refractivity contribution in [3.8, 4) is 0 Å². The van der Waals surface area contributed by atoms with Gasteiger partial charge in [0, 0.05) is 11.4 Å². The Kier molecular flexibility index (Phi) is 3.07. The zero-order valence-corrected chi connectivity index (χ0v) is 10.2. The van der Waals surface area contributed by atoms with E-state index in [1.54, 1.807) is 17.8 Å². The Morgan fingerprint density at radius 3 is 3.00 bits per heavy atom. The monoisotopic (exact) mass is 237 g/mol. The van der Waals surface area contributed by atoms with Crippen molar-refractivity contribution in [3.63, 3.8) is 0 Å². The minimum absolute atomic E-state index is 0.747. The van der Waals surface area contributed by atoms with Crippen LogP contribution in [-0.4, -0.2) is 20.1 Å². The van der Waals surface area contributed by atoms with Crippen LogP contribution in [0.2, 0.25) is 0 Å². The van der Waals surface area contributed by atoms with Crippen molar-refractivity contribution in [2.75, 3.05) is 0 Å². The number of aryl methyl sites for hydroxylation is 1. The van der Waals surface area contributed by atoms with Gasteiger partial charge in [0.05, 0.1) is 11.9 Å². The van der Waals surface area contributed by atoms with Crippen LogP contribution in [0.1, 0.15) is 30.8 Å². The number of aliphatic hydroxyl groups is 1. The molecule has 1 atom stereocenters. The molecule has 0 amide bonds. The number of nitrogens with zero attached hydrogens (tertiary/aromatic N) is 3. The number of aromatic nitrogens is 3. The van der Waals surface area contributed by atoms with Gasteiger partial charge in [-0.1, -0.05) is 18.2 Å². The van der Waals surface area contributed by atoms with Crippen molar-refractivity contribution >= 4 is 11.3 Å². The highest BCUT2D eigenvalue weighted by Crippen LogP contribution is 2.31. The lowest BCUT2D eigenvalue weighted by Gasteiger charge is -2.22. The number of hydrogen-bond acceptors (Lipinski definition) is 4. The molecule has 1 unspecified atom stereocenters. The van der Waals surface area contributed by atoms with E-state index < -0.39 is 5.60 Å². The Morgan fingerprint density at radius 1 is 1.56 bits per heavy atom. The lowest BCUT2D eigenvalue weighted by atomic mass is 10.0. The van der Waals surface area contributed by atoms with Crippen LogP contribution in [0.5, 0.6) is 0 Å². The summed E-state index contributed by atoms with van der Waals surface area (Å²) in [6, 6.07) is 3.86. The van der Waals surface area contributed by atoms with Crippen LogP contribution in [0, 0.1) is 0 Å². The summed E-state index contributed by atoms with van der Waals surface area (Å²) in [7, 11) is 0. The summed E-state index contributed by atoms with van der Waals surface area (Å²) in [6.07, 6.45) is 2.60. The van der Waals surface area contributed by atoms with Crippen LogP contribution in [0.3, 0.4) is 0 Å². The van der Waals surface area contributed by atoms with Gasteiger partial charge in [-0.15, -0.1) is 16.4 Å². The maximum atomic E-state index is 10.6. The highest BCUT2D eigenvalue weighted by atomic mass is 32.1. The van der Waals surface area contributed by atoms with Gasteiger partial charge in [0.15, 0.2) is 0 Å². The lowest BCUT2D eigenvalue weighted by molar-refractivity contribution is 0.0953. The Bertz CT molecular complexity index is 448. The summed E-state index contributed by atoms with van der Waals surface area (Å²) in [6.45, 7) is 4.63. The van der Waals surface area contributed by atoms with Crippen LogP contribution in [0.25, 0.3) is 0 Å². The molecule has 1 N–H and O–H groups in total. The SMILES string of the molecule is CCCn1nncc1C(C)(O)c1cccs1. The first kappa shape index (κ1) is 11.3. The minimum Gasteiger partial charge on any atom is -0.378 e. The lowest BCUT2D eigenvalue weighted by Crippen LogP contribution is -2.25. The van der Waals surface area contributed by atoms with Crippen molar-refractivity contribution in [3.05, 3.63) is 34.3 Å². The van der Waals surface area contributed by atoms with E-state index in [1.807, 2.05) is 17.5 Å². The molecule has 0 fully saturated rings. The third kappa shape index (κ3) is 1.88. The maximum absolute atomic E-state index is 10.6. The van der Waals surface area contributed by atoms with Gasteiger partial charge in [0.1, 0.15) is 5.60 Å². The second-order valence-electron chi connectivity index (χ2n) is 3.89. The summed E-state index contributed by atoms with van der Waals surface area (Å²) in [5.74, 6) is 0. The first-order valence-corrected chi connectivity index (χ1v) is 6.19. The van der Waals surface area contributed by atoms with E-state index >= 15 is 0 Å². The maximum Gasteiger partial charge on any atom is 0.139 e. The molecule has 16 heavy (non-hydrogen) atoms. The zero-order chi connectivity index (χ0) is 11.6. The van der Waals surface area contributed by atoms with Crippen molar-refractivity contribution < 1.29 is 5.11 Å². The van der Waals surface area contributed by atoms with Gasteiger partial charge < -0.3 is 5.11 Å². The second kappa shape index (κ2) is 4.35. The van der Waals surface area contributed by atoms with Gasteiger partial charge in [0.25, 0.3) is 0 Å². The van der Waals surface area contributed by atoms with E-state index in [0.717, 1.165) is 23.5 Å². The molecule has 2 rings (SSSR count). The zero-order valence-electron chi connectivity index (χ0n) is 9.42. The molecule has 4 nitrogen and oxygen atoms in total. The molecular formula is C11H15N3OS. The summed E-state index contributed by atoms with van der Waals surface area (Å²) < 4.78 is 1.76. The molecule has 2 aromatic rings. The molecule has 86 valence electrons. The van der Waals surface area contributed by atoms with Gasteiger partial charge >= 0.3 is 0 Å². The topological polar surface area (TPSA) is 50.9 Å². The summed E-state index contributed by atoms with van der Waals surface area (Å²) in [5.41, 5.74) is -0.260. The third-order valence-corrected chi connectivity index (χ3v) is 3.63. The average Bonchev–Trinajstić information content (AvgIpc) is 2.88.